The van der Waals surface area contributed by atoms with Crippen molar-refractivity contribution in [3.05, 3.63) is 144 Å². The van der Waals surface area contributed by atoms with E-state index < -0.39 is 0 Å². The van der Waals surface area contributed by atoms with Gasteiger partial charge in [-0.2, -0.15) is 0 Å². The predicted molar refractivity (Wildman–Crippen MR) is 439 cm³/mol. The van der Waals surface area contributed by atoms with E-state index >= 15 is 0 Å². The molecule has 2 aliphatic heterocycles. The Bertz CT molecular complexity index is 3580. The molecule has 554 valence electrons. The van der Waals surface area contributed by atoms with Crippen LogP contribution < -0.4 is 42.5 Å². The van der Waals surface area contributed by atoms with Crippen LogP contribution in [0.1, 0.15) is 256 Å². The molecule has 8 bridgehead atoms. The van der Waals surface area contributed by atoms with Crippen molar-refractivity contribution >= 4 is 93.2 Å². The van der Waals surface area contributed by atoms with Gasteiger partial charge in [0.15, 0.2) is 0 Å². The molecular formula is C88H118N12O4. The molecule has 7 aromatic rings. The van der Waals surface area contributed by atoms with Gasteiger partial charge in [0.05, 0.1) is 45.5 Å². The van der Waals surface area contributed by atoms with Gasteiger partial charge >= 0.3 is 24.1 Å². The lowest BCUT2D eigenvalue weighted by molar-refractivity contribution is 0.251. The highest BCUT2D eigenvalue weighted by molar-refractivity contribution is 6.07. The molecule has 0 fully saturated rings. The van der Waals surface area contributed by atoms with E-state index in [0.29, 0.717) is 93.8 Å². The monoisotopic (exact) mass is 1410 g/mol. The van der Waals surface area contributed by atoms with Crippen LogP contribution in [0.25, 0.3) is 90.9 Å². The van der Waals surface area contributed by atoms with Crippen LogP contribution in [0.15, 0.2) is 121 Å². The van der Waals surface area contributed by atoms with Crippen molar-refractivity contribution in [2.75, 3.05) is 47.4 Å². The number of nitrogens with zero attached hydrogens (tertiary/aromatic N) is 2. The summed E-state index contributed by atoms with van der Waals surface area (Å²) in [4.78, 5) is 75.3. The van der Waals surface area contributed by atoms with Crippen molar-refractivity contribution in [1.29, 1.82) is 0 Å². The number of amides is 8. The third-order valence-electron chi connectivity index (χ3n) is 19.8. The van der Waals surface area contributed by atoms with Crippen LogP contribution >= 0.6 is 0 Å². The fourth-order valence-corrected chi connectivity index (χ4v) is 14.1. The van der Waals surface area contributed by atoms with Crippen molar-refractivity contribution in [3.8, 4) is 44.5 Å². The number of aromatic amines is 2. The molecule has 0 unspecified atom stereocenters. The average molecular weight is 1410 g/mol. The molecule has 10 N–H and O–H groups in total. The van der Waals surface area contributed by atoms with Crippen LogP contribution in [0.5, 0.6) is 0 Å². The normalized spacial score (nSPS) is 11.6. The maximum Gasteiger partial charge on any atom is 0.319 e. The first-order valence-corrected chi connectivity index (χ1v) is 39.9. The molecule has 0 spiro atoms. The third kappa shape index (κ3) is 24.3. The van der Waals surface area contributed by atoms with Gasteiger partial charge in [-0.05, 0) is 98.5 Å². The summed E-state index contributed by atoms with van der Waals surface area (Å²) in [7, 11) is 0. The molecule has 2 aliphatic rings. The zero-order valence-electron chi connectivity index (χ0n) is 62.8. The summed E-state index contributed by atoms with van der Waals surface area (Å²) >= 11 is 0. The lowest BCUT2D eigenvalue weighted by Gasteiger charge is -2.15. The van der Waals surface area contributed by atoms with Crippen LogP contribution in [0.4, 0.5) is 41.9 Å². The number of carbonyl (C=O) groups excluding carboxylic acids is 4. The number of hydrogen-bond donors (Lipinski definition) is 10. The number of benzene rings is 4. The molecule has 0 atom stereocenters. The molecule has 16 nitrogen and oxygen atoms in total. The molecule has 8 amide bonds. The average Bonchev–Trinajstić information content (AvgIpc) is 1.60. The SMILES string of the molecule is CCCCCCCCCCNC(=O)Nc1ccccc1-c1c2nc(c(-c3ccccc3NC(=O)NCCCCCCCCCC)c3ccc([nH]3)c(-c3ccccc3NC(=O)NCCCCCCCCCC)c3nc(c(-c4ccccc4NC(=O)NCCCCCCCCCC)c4ccc1[nH]4)C=C3)C=C2. The highest BCUT2D eigenvalue weighted by Crippen LogP contribution is 2.43. The predicted octanol–water partition coefficient (Wildman–Crippen LogP) is 24.4. The van der Waals surface area contributed by atoms with Crippen molar-refractivity contribution in [3.63, 3.8) is 0 Å². The maximum absolute atomic E-state index is 14.1. The second kappa shape index (κ2) is 44.3. The van der Waals surface area contributed by atoms with Crippen LogP contribution in [0.3, 0.4) is 0 Å². The molecule has 4 aromatic carbocycles. The number of H-pyrrole nitrogens is 2. The Morgan fingerprint density at radius 1 is 0.260 bits per heavy atom. The van der Waals surface area contributed by atoms with Crippen molar-refractivity contribution in [1.82, 2.24) is 41.2 Å². The first-order valence-electron chi connectivity index (χ1n) is 39.9. The molecular weight excluding hydrogens is 1290 g/mol. The number of anilines is 4. The minimum atomic E-state index is -0.298. The fraction of sp³-hybridized carbons (Fsp3) is 0.455. The standard InChI is InChI=1S/C88H118N12O4/c1-5-9-13-17-21-25-29-41-61-89-85(101)97-69-49-37-33-45-65(69)81-73-53-55-75(93-73)82(66-46-34-38-50-70(66)98-86(102)90-62-42-30-26-22-18-14-10-6-2)77-57-59-79(95-77)84(68-48-36-40-52-72(68)100-88(104)92-64-44-32-28-24-20-16-12-8-4)80-60-58-78(96-80)83(76-56-54-74(81)94-76)67-47-35-39-51-71(67)99-87(103)91-63-43-31-27-23-19-15-11-7-3/h33-40,45-60,93,96H,5-32,41-44,61-64H2,1-4H3,(H2,89,97,101)(H2,90,98,102)(H2,91,99,103)(H2,92,100,104). The summed E-state index contributed by atoms with van der Waals surface area (Å²) in [5.74, 6) is 0. The first-order chi connectivity index (χ1) is 51.2. The highest BCUT2D eigenvalue weighted by Gasteiger charge is 2.24. The summed E-state index contributed by atoms with van der Waals surface area (Å²) in [6.07, 6.45) is 45.3. The minimum Gasteiger partial charge on any atom is -0.354 e. The first kappa shape index (κ1) is 78.7. The highest BCUT2D eigenvalue weighted by atomic mass is 16.2. The van der Waals surface area contributed by atoms with Gasteiger partial charge in [0.25, 0.3) is 0 Å². The number of hydrogen-bond acceptors (Lipinski definition) is 6. The van der Waals surface area contributed by atoms with E-state index in [4.69, 9.17) is 9.97 Å². The minimum absolute atomic E-state index is 0.298. The van der Waals surface area contributed by atoms with Gasteiger partial charge < -0.3 is 52.5 Å². The van der Waals surface area contributed by atoms with Gasteiger partial charge in [-0.3, -0.25) is 0 Å². The summed E-state index contributed by atoms with van der Waals surface area (Å²) < 4.78 is 0. The van der Waals surface area contributed by atoms with Gasteiger partial charge in [-0.25, -0.2) is 29.1 Å². The summed E-state index contributed by atoms with van der Waals surface area (Å²) in [6.45, 7) is 11.2. The van der Waals surface area contributed by atoms with Crippen molar-refractivity contribution in [2.24, 2.45) is 0 Å². The van der Waals surface area contributed by atoms with E-state index in [0.717, 1.165) is 122 Å². The Labute approximate surface area is 619 Å². The van der Waals surface area contributed by atoms with Crippen LogP contribution in [-0.2, 0) is 0 Å². The molecule has 104 heavy (non-hydrogen) atoms. The number of rotatable bonds is 44. The van der Waals surface area contributed by atoms with E-state index in [1.54, 1.807) is 0 Å². The summed E-state index contributed by atoms with van der Waals surface area (Å²) in [6, 6.07) is 38.3. The Kier molecular flexibility index (Phi) is 33.5. The lowest BCUT2D eigenvalue weighted by Crippen LogP contribution is -2.29. The smallest absolute Gasteiger partial charge is 0.319 e. The maximum atomic E-state index is 14.1. The van der Waals surface area contributed by atoms with Crippen molar-refractivity contribution in [2.45, 2.75) is 233 Å². The van der Waals surface area contributed by atoms with Crippen molar-refractivity contribution < 1.29 is 19.2 Å². The zero-order chi connectivity index (χ0) is 72.8. The summed E-state index contributed by atoms with van der Waals surface area (Å²) in [5, 5.41) is 25.5. The second-order valence-corrected chi connectivity index (χ2v) is 28.1. The van der Waals surface area contributed by atoms with Crippen LogP contribution in [0.2, 0.25) is 0 Å². The Balaban J connectivity index is 1.19. The lowest BCUT2D eigenvalue weighted by atomic mass is 10.0. The fourth-order valence-electron chi connectivity index (χ4n) is 14.1. The topological polar surface area (TPSA) is 222 Å². The van der Waals surface area contributed by atoms with Crippen LogP contribution in [0, 0.1) is 0 Å². The van der Waals surface area contributed by atoms with E-state index in [2.05, 4.69) is 80.2 Å². The number of aromatic nitrogens is 4. The quantitative estimate of drug-likeness (QED) is 0.0167. The molecule has 0 aliphatic carbocycles. The molecule has 0 saturated heterocycles. The van der Waals surface area contributed by atoms with Gasteiger partial charge in [0, 0.05) is 92.8 Å². The number of unbranched alkanes of at least 4 members (excludes halogenated alkanes) is 28. The molecule has 0 saturated carbocycles. The number of urea groups is 4. The number of fused-ring (bicyclic) bond motifs is 8. The molecule has 3 aromatic heterocycles. The molecule has 5 heterocycles. The Morgan fingerprint density at radius 2 is 0.452 bits per heavy atom. The number of nitrogens with one attached hydrogen (secondary N) is 10. The van der Waals surface area contributed by atoms with Gasteiger partial charge in [-0.15, -0.1) is 0 Å². The second-order valence-electron chi connectivity index (χ2n) is 28.1. The molecule has 16 heteroatoms. The third-order valence-corrected chi connectivity index (χ3v) is 19.8. The summed E-state index contributed by atoms with van der Waals surface area (Å²) in [5.41, 5.74) is 13.4. The van der Waals surface area contributed by atoms with Gasteiger partial charge in [0.2, 0.25) is 0 Å². The molecule has 0 radical (unpaired) electrons. The van der Waals surface area contributed by atoms with E-state index in [1.807, 2.05) is 146 Å². The Morgan fingerprint density at radius 3 is 0.663 bits per heavy atom. The van der Waals surface area contributed by atoms with Gasteiger partial charge in [-0.1, -0.05) is 280 Å². The Hall–Kier alpha value is -9.44. The number of para-hydroxylation sites is 4. The largest absolute Gasteiger partial charge is 0.354 e. The van der Waals surface area contributed by atoms with E-state index in [1.165, 1.54) is 128 Å². The van der Waals surface area contributed by atoms with E-state index in [9.17, 15) is 19.2 Å². The zero-order valence-corrected chi connectivity index (χ0v) is 62.8. The van der Waals surface area contributed by atoms with E-state index in [-0.39, 0.29) is 24.1 Å². The van der Waals surface area contributed by atoms with Crippen LogP contribution in [-0.4, -0.2) is 70.2 Å². The molecule has 9 rings (SSSR count). The number of carbonyl (C=O) groups is 4. The van der Waals surface area contributed by atoms with Gasteiger partial charge in [0.1, 0.15) is 0 Å².